The fourth-order valence-corrected chi connectivity index (χ4v) is 3.82. The highest BCUT2D eigenvalue weighted by atomic mass is 16.1. The molecular weight excluding hydrogens is 262 g/mol. The average molecular weight is 293 g/mol. The van der Waals surface area contributed by atoms with Gasteiger partial charge in [-0.15, -0.1) is 6.58 Å². The maximum Gasteiger partial charge on any atom is 0.220 e. The second-order valence-corrected chi connectivity index (χ2v) is 6.87. The van der Waals surface area contributed by atoms with E-state index >= 15 is 0 Å². The fourth-order valence-electron chi connectivity index (χ4n) is 3.82. The zero-order chi connectivity index (χ0) is 15.1. The van der Waals surface area contributed by atoms with Crippen molar-refractivity contribution >= 4 is 5.91 Å². The molecule has 2 fully saturated rings. The minimum Gasteiger partial charge on any atom is -0.353 e. The molecule has 0 bridgehead atoms. The van der Waals surface area contributed by atoms with Gasteiger partial charge in [0.1, 0.15) is 0 Å². The van der Waals surface area contributed by atoms with E-state index in [2.05, 4.69) is 16.8 Å². The van der Waals surface area contributed by atoms with Gasteiger partial charge in [0.15, 0.2) is 0 Å². The molecule has 0 radical (unpaired) electrons. The first-order valence-corrected chi connectivity index (χ1v) is 8.50. The number of hydrogen-bond donors (Lipinski definition) is 2. The van der Waals surface area contributed by atoms with Crippen LogP contribution in [0.25, 0.3) is 0 Å². The third-order valence-electron chi connectivity index (χ3n) is 5.22. The van der Waals surface area contributed by atoms with Crippen LogP contribution >= 0.6 is 0 Å². The first kappa shape index (κ1) is 16.5. The van der Waals surface area contributed by atoms with E-state index in [0.717, 1.165) is 45.3 Å². The quantitative estimate of drug-likeness (QED) is 0.737. The number of nitrogens with two attached hydrogens (primary N) is 1. The minimum atomic E-state index is 0.0753. The van der Waals surface area contributed by atoms with Crippen molar-refractivity contribution in [1.82, 2.24) is 10.2 Å². The molecule has 120 valence electrons. The SMILES string of the molecule is C=CCN1CCC(NC(=O)CC2(CN)CCCCC2)CC1. The molecule has 0 unspecified atom stereocenters. The van der Waals surface area contributed by atoms with E-state index in [-0.39, 0.29) is 11.3 Å². The Morgan fingerprint density at radius 2 is 1.95 bits per heavy atom. The van der Waals surface area contributed by atoms with Crippen LogP contribution in [0.3, 0.4) is 0 Å². The molecule has 2 aliphatic rings. The molecule has 1 amide bonds. The highest BCUT2D eigenvalue weighted by Crippen LogP contribution is 2.38. The van der Waals surface area contributed by atoms with Gasteiger partial charge in [0.2, 0.25) is 5.91 Å². The van der Waals surface area contributed by atoms with Gasteiger partial charge in [-0.3, -0.25) is 9.69 Å². The molecule has 0 aromatic heterocycles. The van der Waals surface area contributed by atoms with Crippen LogP contribution in [0.2, 0.25) is 0 Å². The highest BCUT2D eigenvalue weighted by molar-refractivity contribution is 5.77. The summed E-state index contributed by atoms with van der Waals surface area (Å²) in [5.74, 6) is 0.213. The molecule has 1 saturated carbocycles. The first-order chi connectivity index (χ1) is 10.2. The van der Waals surface area contributed by atoms with Crippen LogP contribution in [0.5, 0.6) is 0 Å². The lowest BCUT2D eigenvalue weighted by molar-refractivity contribution is -0.124. The summed E-state index contributed by atoms with van der Waals surface area (Å²) < 4.78 is 0. The largest absolute Gasteiger partial charge is 0.353 e. The Morgan fingerprint density at radius 1 is 1.29 bits per heavy atom. The minimum absolute atomic E-state index is 0.0753. The summed E-state index contributed by atoms with van der Waals surface area (Å²) in [7, 11) is 0. The van der Waals surface area contributed by atoms with E-state index in [0.29, 0.717) is 19.0 Å². The second-order valence-electron chi connectivity index (χ2n) is 6.87. The lowest BCUT2D eigenvalue weighted by atomic mass is 9.71. The van der Waals surface area contributed by atoms with Gasteiger partial charge in [0, 0.05) is 32.1 Å². The molecule has 1 heterocycles. The smallest absolute Gasteiger partial charge is 0.220 e. The summed E-state index contributed by atoms with van der Waals surface area (Å²) in [6, 6.07) is 0.344. The summed E-state index contributed by atoms with van der Waals surface area (Å²) >= 11 is 0. The number of rotatable bonds is 6. The van der Waals surface area contributed by atoms with Crippen LogP contribution in [0, 0.1) is 5.41 Å². The Hall–Kier alpha value is -0.870. The zero-order valence-electron chi connectivity index (χ0n) is 13.3. The molecular formula is C17H31N3O. The lowest BCUT2D eigenvalue weighted by Crippen LogP contribution is -2.46. The van der Waals surface area contributed by atoms with Crippen molar-refractivity contribution in [3.63, 3.8) is 0 Å². The Bertz CT molecular complexity index is 342. The van der Waals surface area contributed by atoms with Gasteiger partial charge in [-0.25, -0.2) is 0 Å². The fraction of sp³-hybridized carbons (Fsp3) is 0.824. The van der Waals surface area contributed by atoms with E-state index in [1.807, 2.05) is 6.08 Å². The van der Waals surface area contributed by atoms with Crippen LogP contribution in [0.15, 0.2) is 12.7 Å². The van der Waals surface area contributed by atoms with Crippen molar-refractivity contribution in [2.45, 2.75) is 57.4 Å². The van der Waals surface area contributed by atoms with Crippen LogP contribution < -0.4 is 11.1 Å². The molecule has 0 atom stereocenters. The molecule has 1 aliphatic carbocycles. The lowest BCUT2D eigenvalue weighted by Gasteiger charge is -2.37. The van der Waals surface area contributed by atoms with E-state index < -0.39 is 0 Å². The van der Waals surface area contributed by atoms with Gasteiger partial charge >= 0.3 is 0 Å². The Balaban J connectivity index is 1.75. The Kier molecular flexibility index (Phi) is 6.24. The van der Waals surface area contributed by atoms with Crippen molar-refractivity contribution in [3.8, 4) is 0 Å². The zero-order valence-corrected chi connectivity index (χ0v) is 13.3. The third kappa shape index (κ3) is 4.82. The molecule has 0 aromatic rings. The van der Waals surface area contributed by atoms with Gasteiger partial charge in [0.05, 0.1) is 0 Å². The van der Waals surface area contributed by atoms with E-state index in [9.17, 15) is 4.79 Å². The molecule has 4 nitrogen and oxygen atoms in total. The Labute approximate surface area is 129 Å². The van der Waals surface area contributed by atoms with Gasteiger partial charge in [0.25, 0.3) is 0 Å². The standard InChI is InChI=1S/C17H31N3O/c1-2-10-20-11-6-15(7-12-20)19-16(21)13-17(14-18)8-4-3-5-9-17/h2,15H,1,3-14,18H2,(H,19,21). The number of carbonyl (C=O) groups is 1. The Morgan fingerprint density at radius 3 is 2.52 bits per heavy atom. The molecule has 0 spiro atoms. The summed E-state index contributed by atoms with van der Waals surface area (Å²) in [6.45, 7) is 7.50. The number of piperidine rings is 1. The molecule has 0 aromatic carbocycles. The predicted molar refractivity (Wildman–Crippen MR) is 87.0 cm³/mol. The highest BCUT2D eigenvalue weighted by Gasteiger charge is 2.33. The third-order valence-corrected chi connectivity index (χ3v) is 5.22. The molecule has 4 heteroatoms. The number of carbonyl (C=O) groups excluding carboxylic acids is 1. The maximum absolute atomic E-state index is 12.4. The van der Waals surface area contributed by atoms with Gasteiger partial charge in [-0.2, -0.15) is 0 Å². The normalized spacial score (nSPS) is 23.7. The average Bonchev–Trinajstić information content (AvgIpc) is 2.50. The van der Waals surface area contributed by atoms with Gasteiger partial charge in [-0.1, -0.05) is 25.3 Å². The maximum atomic E-state index is 12.4. The monoisotopic (exact) mass is 293 g/mol. The summed E-state index contributed by atoms with van der Waals surface area (Å²) in [4.78, 5) is 14.7. The van der Waals surface area contributed by atoms with E-state index in [4.69, 9.17) is 5.73 Å². The van der Waals surface area contributed by atoms with Crippen LogP contribution in [0.4, 0.5) is 0 Å². The molecule has 1 saturated heterocycles. The molecule has 3 N–H and O–H groups in total. The van der Waals surface area contributed by atoms with Crippen molar-refractivity contribution < 1.29 is 4.79 Å². The first-order valence-electron chi connectivity index (χ1n) is 8.50. The molecule has 1 aliphatic heterocycles. The number of amides is 1. The van der Waals surface area contributed by atoms with Gasteiger partial charge in [-0.05, 0) is 37.6 Å². The van der Waals surface area contributed by atoms with Crippen molar-refractivity contribution in [1.29, 1.82) is 0 Å². The molecule has 21 heavy (non-hydrogen) atoms. The number of nitrogens with one attached hydrogen (secondary N) is 1. The number of nitrogens with zero attached hydrogens (tertiary/aromatic N) is 1. The van der Waals surface area contributed by atoms with Gasteiger partial charge < -0.3 is 11.1 Å². The van der Waals surface area contributed by atoms with Crippen LogP contribution in [-0.2, 0) is 4.79 Å². The number of likely N-dealkylation sites (tertiary alicyclic amines) is 1. The summed E-state index contributed by atoms with van der Waals surface area (Å²) in [5.41, 5.74) is 6.05. The van der Waals surface area contributed by atoms with E-state index in [1.54, 1.807) is 0 Å². The summed E-state index contributed by atoms with van der Waals surface area (Å²) in [6.07, 6.45) is 10.7. The van der Waals surface area contributed by atoms with Crippen LogP contribution in [0.1, 0.15) is 51.4 Å². The van der Waals surface area contributed by atoms with Crippen molar-refractivity contribution in [2.24, 2.45) is 11.1 Å². The second kappa shape index (κ2) is 7.95. The van der Waals surface area contributed by atoms with E-state index in [1.165, 1.54) is 19.3 Å². The van der Waals surface area contributed by atoms with Crippen molar-refractivity contribution in [3.05, 3.63) is 12.7 Å². The molecule has 2 rings (SSSR count). The number of hydrogen-bond acceptors (Lipinski definition) is 3. The van der Waals surface area contributed by atoms with Crippen molar-refractivity contribution in [2.75, 3.05) is 26.2 Å². The topological polar surface area (TPSA) is 58.4 Å². The predicted octanol–water partition coefficient (Wildman–Crippen LogP) is 2.05. The summed E-state index contributed by atoms with van der Waals surface area (Å²) in [5, 5.41) is 3.24. The van der Waals surface area contributed by atoms with Crippen LogP contribution in [-0.4, -0.2) is 43.0 Å².